The van der Waals surface area contributed by atoms with Crippen LogP contribution in [0, 0.1) is 0 Å². The van der Waals surface area contributed by atoms with E-state index in [4.69, 9.17) is 0 Å². The molecule has 1 saturated carbocycles. The van der Waals surface area contributed by atoms with E-state index in [0.29, 0.717) is 36.0 Å². The Kier molecular flexibility index (Phi) is 3.31. The predicted molar refractivity (Wildman–Crippen MR) is 98.3 cm³/mol. The highest BCUT2D eigenvalue weighted by molar-refractivity contribution is 6.07. The second-order valence-electron chi connectivity index (χ2n) is 6.83. The topological polar surface area (TPSA) is 67.2 Å². The number of nitrogens with one attached hydrogen (secondary N) is 1. The van der Waals surface area contributed by atoms with Crippen LogP contribution in [0.25, 0.3) is 11.0 Å². The van der Waals surface area contributed by atoms with Crippen LogP contribution in [-0.4, -0.2) is 34.0 Å². The Morgan fingerprint density at radius 2 is 1.88 bits per heavy atom. The van der Waals surface area contributed by atoms with Crippen molar-refractivity contribution in [2.24, 2.45) is 0 Å². The zero-order valence-electron chi connectivity index (χ0n) is 14.2. The standard InChI is InChI=1S/C20H18N4O2/c25-19(21-14-7-8-14)13-6-9-17-16(12-13)22-18-20(26)23(10-11-24(17)18)15-4-2-1-3-5-15/h1-6,9,12,14H,7-8,10-11H2,(H,21,25). The summed E-state index contributed by atoms with van der Waals surface area (Å²) in [7, 11) is 0. The number of fused-ring (bicyclic) bond motifs is 3. The fourth-order valence-electron chi connectivity index (χ4n) is 3.43. The number of hydrogen-bond donors (Lipinski definition) is 1. The maximum Gasteiger partial charge on any atom is 0.294 e. The molecule has 2 amide bonds. The van der Waals surface area contributed by atoms with Crippen LogP contribution < -0.4 is 10.2 Å². The number of aromatic nitrogens is 2. The van der Waals surface area contributed by atoms with Crippen LogP contribution in [-0.2, 0) is 6.54 Å². The van der Waals surface area contributed by atoms with Crippen molar-refractivity contribution in [3.63, 3.8) is 0 Å². The number of anilines is 1. The lowest BCUT2D eigenvalue weighted by molar-refractivity contribution is 0.0947. The fraction of sp³-hybridized carbons (Fsp3) is 0.250. The third-order valence-electron chi connectivity index (χ3n) is 4.97. The van der Waals surface area contributed by atoms with E-state index in [9.17, 15) is 9.59 Å². The molecule has 2 aliphatic rings. The van der Waals surface area contributed by atoms with Crippen LogP contribution in [0.5, 0.6) is 0 Å². The highest BCUT2D eigenvalue weighted by Crippen LogP contribution is 2.26. The summed E-state index contributed by atoms with van der Waals surface area (Å²) in [4.78, 5) is 31.5. The monoisotopic (exact) mass is 346 g/mol. The van der Waals surface area contributed by atoms with E-state index in [0.717, 1.165) is 24.0 Å². The Morgan fingerprint density at radius 3 is 2.65 bits per heavy atom. The van der Waals surface area contributed by atoms with Gasteiger partial charge in [0.25, 0.3) is 11.8 Å². The molecule has 1 aromatic heterocycles. The molecule has 130 valence electrons. The molecule has 2 heterocycles. The van der Waals surface area contributed by atoms with Crippen LogP contribution in [0.1, 0.15) is 33.8 Å². The van der Waals surface area contributed by atoms with Crippen molar-refractivity contribution in [3.8, 4) is 0 Å². The molecular weight excluding hydrogens is 328 g/mol. The maximum atomic E-state index is 12.9. The third-order valence-corrected chi connectivity index (χ3v) is 4.97. The van der Waals surface area contributed by atoms with E-state index >= 15 is 0 Å². The average molecular weight is 346 g/mol. The van der Waals surface area contributed by atoms with Crippen molar-refractivity contribution >= 4 is 28.5 Å². The third kappa shape index (κ3) is 2.45. The van der Waals surface area contributed by atoms with Crippen molar-refractivity contribution in [3.05, 3.63) is 59.9 Å². The first-order valence-corrected chi connectivity index (χ1v) is 8.89. The molecule has 1 fully saturated rings. The smallest absolute Gasteiger partial charge is 0.294 e. The van der Waals surface area contributed by atoms with Gasteiger partial charge in [-0.25, -0.2) is 4.98 Å². The normalized spacial score (nSPS) is 16.6. The molecule has 6 nitrogen and oxygen atoms in total. The molecule has 5 rings (SSSR count). The highest BCUT2D eigenvalue weighted by Gasteiger charge is 2.29. The van der Waals surface area contributed by atoms with Crippen molar-refractivity contribution < 1.29 is 9.59 Å². The number of imidazole rings is 1. The minimum absolute atomic E-state index is 0.0717. The number of carbonyl (C=O) groups excluding carboxylic acids is 2. The first kappa shape index (κ1) is 15.1. The number of nitrogens with zero attached hydrogens (tertiary/aromatic N) is 3. The zero-order valence-corrected chi connectivity index (χ0v) is 14.2. The molecule has 0 unspecified atom stereocenters. The summed E-state index contributed by atoms with van der Waals surface area (Å²) in [5.41, 5.74) is 3.04. The SMILES string of the molecule is O=C(NC1CC1)c1ccc2c(c1)nc1n2CCN(c2ccccc2)C1=O. The van der Waals surface area contributed by atoms with Crippen LogP contribution in [0.4, 0.5) is 5.69 Å². The largest absolute Gasteiger partial charge is 0.349 e. The Morgan fingerprint density at radius 1 is 1.08 bits per heavy atom. The zero-order chi connectivity index (χ0) is 17.7. The molecular formula is C20H18N4O2. The van der Waals surface area contributed by atoms with Gasteiger partial charge in [-0.3, -0.25) is 9.59 Å². The number of rotatable bonds is 3. The van der Waals surface area contributed by atoms with E-state index in [1.165, 1.54) is 0 Å². The summed E-state index contributed by atoms with van der Waals surface area (Å²) in [6.07, 6.45) is 2.10. The van der Waals surface area contributed by atoms with Gasteiger partial charge in [0, 0.05) is 30.4 Å². The van der Waals surface area contributed by atoms with Crippen LogP contribution >= 0.6 is 0 Å². The molecule has 1 aliphatic heterocycles. The highest BCUT2D eigenvalue weighted by atomic mass is 16.2. The quantitative estimate of drug-likeness (QED) is 0.793. The van der Waals surface area contributed by atoms with E-state index in [2.05, 4.69) is 10.3 Å². The number of hydrogen-bond acceptors (Lipinski definition) is 3. The van der Waals surface area contributed by atoms with E-state index in [1.807, 2.05) is 47.0 Å². The van der Waals surface area contributed by atoms with Gasteiger partial charge in [0.2, 0.25) is 5.82 Å². The van der Waals surface area contributed by atoms with Crippen molar-refractivity contribution in [2.75, 3.05) is 11.4 Å². The van der Waals surface area contributed by atoms with Crippen molar-refractivity contribution in [1.29, 1.82) is 0 Å². The minimum atomic E-state index is -0.109. The Balaban J connectivity index is 1.51. The van der Waals surface area contributed by atoms with Gasteiger partial charge in [-0.1, -0.05) is 18.2 Å². The lowest BCUT2D eigenvalue weighted by atomic mass is 10.2. The van der Waals surface area contributed by atoms with Crippen LogP contribution in [0.15, 0.2) is 48.5 Å². The minimum Gasteiger partial charge on any atom is -0.349 e. The average Bonchev–Trinajstić information content (AvgIpc) is 3.40. The van der Waals surface area contributed by atoms with Gasteiger partial charge in [0.1, 0.15) is 0 Å². The molecule has 26 heavy (non-hydrogen) atoms. The molecule has 0 spiro atoms. The Labute approximate surface area is 150 Å². The molecule has 6 heteroatoms. The Bertz CT molecular complexity index is 1020. The van der Waals surface area contributed by atoms with Gasteiger partial charge in [0.15, 0.2) is 0 Å². The second-order valence-corrected chi connectivity index (χ2v) is 6.83. The molecule has 1 aliphatic carbocycles. The molecule has 0 saturated heterocycles. The van der Waals surface area contributed by atoms with E-state index in [1.54, 1.807) is 11.0 Å². The number of para-hydroxylation sites is 1. The van der Waals surface area contributed by atoms with Gasteiger partial charge >= 0.3 is 0 Å². The van der Waals surface area contributed by atoms with Gasteiger partial charge < -0.3 is 14.8 Å². The summed E-state index contributed by atoms with van der Waals surface area (Å²) >= 11 is 0. The Hall–Kier alpha value is -3.15. The first-order valence-electron chi connectivity index (χ1n) is 8.89. The predicted octanol–water partition coefficient (Wildman–Crippen LogP) is 2.59. The molecule has 2 aromatic carbocycles. The van der Waals surface area contributed by atoms with Crippen molar-refractivity contribution in [2.45, 2.75) is 25.4 Å². The molecule has 0 radical (unpaired) electrons. The van der Waals surface area contributed by atoms with Gasteiger partial charge in [-0.2, -0.15) is 0 Å². The summed E-state index contributed by atoms with van der Waals surface area (Å²) in [5, 5.41) is 2.99. The summed E-state index contributed by atoms with van der Waals surface area (Å²) in [6, 6.07) is 15.4. The summed E-state index contributed by atoms with van der Waals surface area (Å²) in [5.74, 6) is 0.245. The van der Waals surface area contributed by atoms with Gasteiger partial charge in [0.05, 0.1) is 11.0 Å². The lowest BCUT2D eigenvalue weighted by Crippen LogP contribution is -2.40. The van der Waals surface area contributed by atoms with E-state index in [-0.39, 0.29) is 11.8 Å². The second kappa shape index (κ2) is 5.69. The number of carbonyl (C=O) groups is 2. The molecule has 0 bridgehead atoms. The molecule has 3 aromatic rings. The summed E-state index contributed by atoms with van der Waals surface area (Å²) in [6.45, 7) is 1.28. The van der Waals surface area contributed by atoms with Crippen molar-refractivity contribution in [1.82, 2.24) is 14.9 Å². The maximum absolute atomic E-state index is 12.9. The van der Waals surface area contributed by atoms with Crippen LogP contribution in [0.2, 0.25) is 0 Å². The first-order chi connectivity index (χ1) is 12.7. The van der Waals surface area contributed by atoms with E-state index < -0.39 is 0 Å². The lowest BCUT2D eigenvalue weighted by Gasteiger charge is -2.27. The van der Waals surface area contributed by atoms with Gasteiger partial charge in [-0.15, -0.1) is 0 Å². The van der Waals surface area contributed by atoms with Crippen LogP contribution in [0.3, 0.4) is 0 Å². The fourth-order valence-corrected chi connectivity index (χ4v) is 3.43. The summed E-state index contributed by atoms with van der Waals surface area (Å²) < 4.78 is 1.94. The molecule has 0 atom stereocenters. The number of benzene rings is 2. The van der Waals surface area contributed by atoms with Gasteiger partial charge in [-0.05, 0) is 43.2 Å². The number of amides is 2. The molecule has 1 N–H and O–H groups in total.